The summed E-state index contributed by atoms with van der Waals surface area (Å²) < 4.78 is 11.8. The quantitative estimate of drug-likeness (QED) is 0.525. The SMILES string of the molecule is CCc1cc(C(=O)OC)c(OC)nc1-c1ccc2nc(C=O)cn2c1. The number of aryl methyl sites for hydroxylation is 1. The molecule has 3 rings (SSSR count). The number of methoxy groups -OCH3 is 2. The minimum atomic E-state index is -0.494. The summed E-state index contributed by atoms with van der Waals surface area (Å²) in [6.45, 7) is 1.98. The molecule has 0 aliphatic heterocycles. The topological polar surface area (TPSA) is 82.8 Å². The number of carbonyl (C=O) groups is 2. The molecule has 0 amide bonds. The first-order chi connectivity index (χ1) is 12.1. The third-order valence-corrected chi connectivity index (χ3v) is 3.91. The van der Waals surface area contributed by atoms with Gasteiger partial charge in [0.2, 0.25) is 5.88 Å². The maximum absolute atomic E-state index is 11.9. The number of imidazole rings is 1. The average Bonchev–Trinajstić information content (AvgIpc) is 3.08. The average molecular weight is 339 g/mol. The van der Waals surface area contributed by atoms with Crippen LogP contribution in [0.4, 0.5) is 0 Å². The van der Waals surface area contributed by atoms with E-state index in [2.05, 4.69) is 9.97 Å². The number of ether oxygens (including phenoxy) is 2. The molecule has 0 spiro atoms. The molecule has 0 unspecified atom stereocenters. The highest BCUT2D eigenvalue weighted by Crippen LogP contribution is 2.29. The van der Waals surface area contributed by atoms with Crippen LogP contribution in [0.1, 0.15) is 33.3 Å². The van der Waals surface area contributed by atoms with Gasteiger partial charge in [-0.1, -0.05) is 6.92 Å². The number of esters is 1. The van der Waals surface area contributed by atoms with Crippen molar-refractivity contribution in [1.82, 2.24) is 14.4 Å². The second-order valence-corrected chi connectivity index (χ2v) is 5.36. The summed E-state index contributed by atoms with van der Waals surface area (Å²) in [5, 5.41) is 0. The molecule has 0 aromatic carbocycles. The van der Waals surface area contributed by atoms with Gasteiger partial charge < -0.3 is 13.9 Å². The van der Waals surface area contributed by atoms with Crippen LogP contribution in [0.25, 0.3) is 16.9 Å². The predicted molar refractivity (Wildman–Crippen MR) is 91.1 cm³/mol. The summed E-state index contributed by atoms with van der Waals surface area (Å²) in [5.74, 6) is -0.287. The first-order valence-electron chi connectivity index (χ1n) is 7.71. The number of fused-ring (bicyclic) bond motifs is 1. The molecule has 0 N–H and O–H groups in total. The van der Waals surface area contributed by atoms with Crippen molar-refractivity contribution in [3.8, 4) is 17.1 Å². The lowest BCUT2D eigenvalue weighted by Crippen LogP contribution is -2.08. The van der Waals surface area contributed by atoms with Crippen LogP contribution in [0.5, 0.6) is 5.88 Å². The van der Waals surface area contributed by atoms with Crippen molar-refractivity contribution in [2.24, 2.45) is 0 Å². The van der Waals surface area contributed by atoms with Gasteiger partial charge in [0, 0.05) is 18.0 Å². The molecule has 3 heterocycles. The molecule has 0 radical (unpaired) electrons. The molecule has 0 aliphatic carbocycles. The van der Waals surface area contributed by atoms with Gasteiger partial charge in [0.05, 0.1) is 19.9 Å². The molecular formula is C18H17N3O4. The van der Waals surface area contributed by atoms with E-state index in [1.165, 1.54) is 14.2 Å². The summed E-state index contributed by atoms with van der Waals surface area (Å²) in [6, 6.07) is 5.42. The van der Waals surface area contributed by atoms with Crippen molar-refractivity contribution >= 4 is 17.9 Å². The Bertz CT molecular complexity index is 962. The van der Waals surface area contributed by atoms with Crippen LogP contribution in [-0.2, 0) is 11.2 Å². The molecule has 0 atom stereocenters. The summed E-state index contributed by atoms with van der Waals surface area (Å²) >= 11 is 0. The maximum Gasteiger partial charge on any atom is 0.343 e. The summed E-state index contributed by atoms with van der Waals surface area (Å²) in [7, 11) is 2.78. The number of rotatable bonds is 5. The fourth-order valence-electron chi connectivity index (χ4n) is 2.68. The Kier molecular flexibility index (Phi) is 4.47. The van der Waals surface area contributed by atoms with Crippen molar-refractivity contribution in [2.75, 3.05) is 14.2 Å². The number of carbonyl (C=O) groups excluding carboxylic acids is 2. The number of hydrogen-bond donors (Lipinski definition) is 0. The monoisotopic (exact) mass is 339 g/mol. The van der Waals surface area contributed by atoms with Crippen LogP contribution in [0.15, 0.2) is 30.6 Å². The zero-order chi connectivity index (χ0) is 18.0. The molecule has 0 aliphatic rings. The first-order valence-corrected chi connectivity index (χ1v) is 7.71. The normalized spacial score (nSPS) is 10.7. The summed E-state index contributed by atoms with van der Waals surface area (Å²) in [6.07, 6.45) is 4.88. The zero-order valence-electron chi connectivity index (χ0n) is 14.1. The number of aldehydes is 1. The van der Waals surface area contributed by atoms with Gasteiger partial charge in [0.15, 0.2) is 6.29 Å². The second-order valence-electron chi connectivity index (χ2n) is 5.36. The fourth-order valence-corrected chi connectivity index (χ4v) is 2.68. The van der Waals surface area contributed by atoms with Crippen LogP contribution in [0.2, 0.25) is 0 Å². The van der Waals surface area contributed by atoms with Crippen LogP contribution in [0, 0.1) is 0 Å². The van der Waals surface area contributed by atoms with Gasteiger partial charge in [-0.05, 0) is 30.2 Å². The minimum Gasteiger partial charge on any atom is -0.480 e. The third-order valence-electron chi connectivity index (χ3n) is 3.91. The molecule has 0 bridgehead atoms. The predicted octanol–water partition coefficient (Wildman–Crippen LogP) is 2.57. The van der Waals surface area contributed by atoms with Crippen LogP contribution in [-0.4, -0.2) is 40.8 Å². The van der Waals surface area contributed by atoms with E-state index in [1.54, 1.807) is 16.7 Å². The molecular weight excluding hydrogens is 322 g/mol. The Hall–Kier alpha value is -3.22. The molecule has 0 fully saturated rings. The van der Waals surface area contributed by atoms with Crippen molar-refractivity contribution in [1.29, 1.82) is 0 Å². The highest BCUT2D eigenvalue weighted by molar-refractivity contribution is 5.92. The maximum atomic E-state index is 11.9. The molecule has 7 heteroatoms. The molecule has 3 aromatic rings. The lowest BCUT2D eigenvalue weighted by atomic mass is 10.0. The van der Waals surface area contributed by atoms with E-state index in [1.807, 2.05) is 25.3 Å². The Labute approximate surface area is 144 Å². The fraction of sp³-hybridized carbons (Fsp3) is 0.222. The molecule has 128 valence electrons. The Morgan fingerprint density at radius 3 is 2.68 bits per heavy atom. The van der Waals surface area contributed by atoms with Crippen molar-refractivity contribution < 1.29 is 19.1 Å². The van der Waals surface area contributed by atoms with Crippen LogP contribution >= 0.6 is 0 Å². The second kappa shape index (κ2) is 6.72. The highest BCUT2D eigenvalue weighted by atomic mass is 16.5. The van der Waals surface area contributed by atoms with Gasteiger partial charge in [-0.25, -0.2) is 14.8 Å². The van der Waals surface area contributed by atoms with Crippen molar-refractivity contribution in [3.05, 3.63) is 47.4 Å². The lowest BCUT2D eigenvalue weighted by molar-refractivity contribution is 0.0596. The van der Waals surface area contributed by atoms with Crippen molar-refractivity contribution in [3.63, 3.8) is 0 Å². The van der Waals surface area contributed by atoms with Crippen LogP contribution in [0.3, 0.4) is 0 Å². The van der Waals surface area contributed by atoms with Gasteiger partial charge in [0.1, 0.15) is 16.9 Å². The number of nitrogens with zero attached hydrogens (tertiary/aromatic N) is 3. The Morgan fingerprint density at radius 2 is 2.04 bits per heavy atom. The molecule has 0 saturated carbocycles. The van der Waals surface area contributed by atoms with Gasteiger partial charge in [-0.3, -0.25) is 4.79 Å². The van der Waals surface area contributed by atoms with E-state index in [4.69, 9.17) is 9.47 Å². The smallest absolute Gasteiger partial charge is 0.343 e. The van der Waals surface area contributed by atoms with Gasteiger partial charge in [-0.2, -0.15) is 0 Å². The minimum absolute atomic E-state index is 0.207. The third kappa shape index (κ3) is 2.96. The molecule has 0 saturated heterocycles. The highest BCUT2D eigenvalue weighted by Gasteiger charge is 2.19. The van der Waals surface area contributed by atoms with E-state index in [0.717, 1.165) is 11.1 Å². The van der Waals surface area contributed by atoms with Gasteiger partial charge in [-0.15, -0.1) is 0 Å². The van der Waals surface area contributed by atoms with E-state index in [0.29, 0.717) is 29.7 Å². The molecule has 7 nitrogen and oxygen atoms in total. The molecule has 25 heavy (non-hydrogen) atoms. The standard InChI is InChI=1S/C18H17N3O4/c1-4-11-7-14(18(23)25-3)17(24-2)20-16(11)12-5-6-15-19-13(10-22)9-21(15)8-12/h5-10H,4H2,1-3H3. The van der Waals surface area contributed by atoms with E-state index < -0.39 is 5.97 Å². The Morgan fingerprint density at radius 1 is 1.24 bits per heavy atom. The zero-order valence-corrected chi connectivity index (χ0v) is 14.1. The molecule has 3 aromatic heterocycles. The van der Waals surface area contributed by atoms with Gasteiger partial charge >= 0.3 is 5.97 Å². The lowest BCUT2D eigenvalue weighted by Gasteiger charge is -2.13. The number of aromatic nitrogens is 3. The summed E-state index contributed by atoms with van der Waals surface area (Å²) in [4.78, 5) is 31.5. The van der Waals surface area contributed by atoms with E-state index >= 15 is 0 Å². The van der Waals surface area contributed by atoms with Crippen molar-refractivity contribution in [2.45, 2.75) is 13.3 Å². The number of pyridine rings is 2. The van der Waals surface area contributed by atoms with E-state index in [9.17, 15) is 9.59 Å². The largest absolute Gasteiger partial charge is 0.480 e. The van der Waals surface area contributed by atoms with E-state index in [-0.39, 0.29) is 11.4 Å². The number of hydrogen-bond acceptors (Lipinski definition) is 6. The summed E-state index contributed by atoms with van der Waals surface area (Å²) in [5.41, 5.74) is 3.74. The Balaban J connectivity index is 2.18. The first kappa shape index (κ1) is 16.6. The van der Waals surface area contributed by atoms with Crippen LogP contribution < -0.4 is 4.74 Å². The van der Waals surface area contributed by atoms with Gasteiger partial charge in [0.25, 0.3) is 0 Å².